The third-order valence-corrected chi connectivity index (χ3v) is 3.08. The zero-order valence-electron chi connectivity index (χ0n) is 8.46. The number of benzene rings is 2. The van der Waals surface area contributed by atoms with E-state index in [0.29, 0.717) is 11.1 Å². The Morgan fingerprint density at radius 1 is 0.875 bits per heavy atom. The summed E-state index contributed by atoms with van der Waals surface area (Å²) in [7, 11) is 0. The van der Waals surface area contributed by atoms with Crippen LogP contribution in [-0.4, -0.2) is 30.9 Å². The van der Waals surface area contributed by atoms with Crippen LogP contribution in [0.3, 0.4) is 0 Å². The first-order chi connectivity index (χ1) is 7.81. The van der Waals surface area contributed by atoms with Gasteiger partial charge in [-0.25, -0.2) is 0 Å². The topological polar surface area (TPSA) is 26.3 Å². The van der Waals surface area contributed by atoms with Crippen LogP contribution in [0, 0.1) is 0 Å². The number of hydrogen-bond acceptors (Lipinski definition) is 2. The van der Waals surface area contributed by atoms with E-state index in [1.54, 1.807) is 12.1 Å². The van der Waals surface area contributed by atoms with Crippen LogP contribution >= 0.6 is 0 Å². The first kappa shape index (κ1) is 11.3. The van der Waals surface area contributed by atoms with Gasteiger partial charge in [0.2, 0.25) is 0 Å². The summed E-state index contributed by atoms with van der Waals surface area (Å²) in [5.74, 6) is 0.844. The summed E-state index contributed by atoms with van der Waals surface area (Å²) in [6, 6.07) is 16.5. The van der Waals surface area contributed by atoms with Gasteiger partial charge in [0.1, 0.15) is 0 Å². The van der Waals surface area contributed by atoms with Crippen molar-refractivity contribution >= 4 is 30.9 Å². The minimum atomic E-state index is 0.0399. The molecule has 2 nitrogen and oxygen atoms in total. The maximum absolute atomic E-state index is 12.0. The Balaban J connectivity index is 2.28. The third-order valence-electron chi connectivity index (χ3n) is 2.26. The van der Waals surface area contributed by atoms with Gasteiger partial charge in [0.15, 0.2) is 0 Å². The number of hydrogen-bond donors (Lipinski definition) is 0. The van der Waals surface area contributed by atoms with E-state index in [4.69, 9.17) is 2.81 Å². The molecule has 78 valence electrons. The Morgan fingerprint density at radius 2 is 1.44 bits per heavy atom. The first-order valence-electron chi connectivity index (χ1n) is 4.82. The second kappa shape index (κ2) is 5.22. The van der Waals surface area contributed by atoms with Crippen LogP contribution < -0.4 is 2.81 Å². The summed E-state index contributed by atoms with van der Waals surface area (Å²) in [6.45, 7) is 0. The fourth-order valence-corrected chi connectivity index (χ4v) is 1.90. The van der Waals surface area contributed by atoms with Crippen LogP contribution in [0.4, 0.5) is 0 Å². The Labute approximate surface area is 110 Å². The predicted molar refractivity (Wildman–Crippen MR) is 62.7 cm³/mol. The fourth-order valence-electron chi connectivity index (χ4n) is 1.42. The molecule has 0 aliphatic heterocycles. The van der Waals surface area contributed by atoms with Crippen molar-refractivity contribution in [3.63, 3.8) is 0 Å². The molecule has 0 bridgehead atoms. The average molecular weight is 406 g/mol. The molecule has 0 aromatic heterocycles. The molecule has 3 heteroatoms. The van der Waals surface area contributed by atoms with Gasteiger partial charge in [-0.05, 0) is 0 Å². The molecule has 16 heavy (non-hydrogen) atoms. The van der Waals surface area contributed by atoms with Gasteiger partial charge in [0.25, 0.3) is 0 Å². The molecule has 0 N–H and O–H groups in total. The van der Waals surface area contributed by atoms with Gasteiger partial charge in [-0.15, -0.1) is 0 Å². The molecule has 0 heterocycles. The van der Waals surface area contributed by atoms with Crippen molar-refractivity contribution in [1.29, 1.82) is 0 Å². The zero-order valence-corrected chi connectivity index (χ0v) is 11.9. The number of ketones is 1. The quantitative estimate of drug-likeness (QED) is 0.578. The number of rotatable bonds is 3. The second-order valence-electron chi connectivity index (χ2n) is 3.31. The molecule has 0 spiro atoms. The van der Waals surface area contributed by atoms with E-state index < -0.39 is 0 Å². The van der Waals surface area contributed by atoms with Crippen LogP contribution in [0.1, 0.15) is 15.9 Å². The summed E-state index contributed by atoms with van der Waals surface area (Å²) in [4.78, 5) is 12.0. The van der Waals surface area contributed by atoms with E-state index in [1.807, 2.05) is 42.5 Å². The average Bonchev–Trinajstić information content (AvgIpc) is 2.39. The molecule has 2 aromatic rings. The van der Waals surface area contributed by atoms with Crippen molar-refractivity contribution in [2.24, 2.45) is 0 Å². The van der Waals surface area contributed by atoms with Crippen molar-refractivity contribution in [3.05, 3.63) is 65.7 Å². The molecule has 0 unspecified atom stereocenters. The van der Waals surface area contributed by atoms with E-state index in [9.17, 15) is 4.79 Å². The Bertz CT molecular complexity index is 477. The summed E-state index contributed by atoms with van der Waals surface area (Å²) in [5.41, 5.74) is 1.39. The molecule has 0 aliphatic carbocycles. The molecular formula is C13H9BiO2. The number of carbonyl (C=O) groups is 1. The Kier molecular flexibility index (Phi) is 3.68. The zero-order chi connectivity index (χ0) is 11.4. The van der Waals surface area contributed by atoms with Gasteiger partial charge in [-0.1, -0.05) is 0 Å². The van der Waals surface area contributed by atoms with E-state index in [1.165, 1.54) is 0 Å². The third kappa shape index (κ3) is 2.48. The van der Waals surface area contributed by atoms with Crippen molar-refractivity contribution in [2.45, 2.75) is 0 Å². The molecule has 2 aromatic carbocycles. The molecule has 2 rings (SSSR count). The summed E-state index contributed by atoms with van der Waals surface area (Å²) < 4.78 is 5.15. The van der Waals surface area contributed by atoms with Crippen LogP contribution in [0.15, 0.2) is 54.6 Å². The fraction of sp³-hybridized carbons (Fsp3) is 0. The SMILES string of the molecule is O=C(c1ccccc1)c1ccc([O][Bi])cc1. The van der Waals surface area contributed by atoms with Gasteiger partial charge >= 0.3 is 110 Å². The summed E-state index contributed by atoms with van der Waals surface area (Å²) in [5, 5.41) is 0. The Morgan fingerprint density at radius 3 is 2.00 bits per heavy atom. The molecule has 2 radical (unpaired) electrons. The maximum atomic E-state index is 12.0. The molecule has 0 amide bonds. The summed E-state index contributed by atoms with van der Waals surface area (Å²) in [6.07, 6.45) is 0. The van der Waals surface area contributed by atoms with Crippen LogP contribution in [-0.2, 0) is 0 Å². The van der Waals surface area contributed by atoms with Crippen LogP contribution in [0.5, 0.6) is 5.75 Å². The predicted octanol–water partition coefficient (Wildman–Crippen LogP) is 2.38. The molecule has 0 atom stereocenters. The van der Waals surface area contributed by atoms with Crippen molar-refractivity contribution in [3.8, 4) is 5.75 Å². The summed E-state index contributed by atoms with van der Waals surface area (Å²) >= 11 is 0.850. The van der Waals surface area contributed by atoms with E-state index in [-0.39, 0.29) is 5.78 Å². The minimum absolute atomic E-state index is 0.0399. The number of carbonyl (C=O) groups excluding carboxylic acids is 1. The van der Waals surface area contributed by atoms with E-state index in [2.05, 4.69) is 0 Å². The van der Waals surface area contributed by atoms with Crippen molar-refractivity contribution in [1.82, 2.24) is 0 Å². The van der Waals surface area contributed by atoms with E-state index >= 15 is 0 Å². The molecule has 0 saturated carbocycles. The molecule has 0 aliphatic rings. The first-order valence-corrected chi connectivity index (χ1v) is 6.24. The Hall–Kier alpha value is -1.21. The van der Waals surface area contributed by atoms with Gasteiger partial charge in [-0.3, -0.25) is 0 Å². The van der Waals surface area contributed by atoms with Gasteiger partial charge in [0.05, 0.1) is 0 Å². The van der Waals surface area contributed by atoms with Crippen LogP contribution in [0.25, 0.3) is 0 Å². The van der Waals surface area contributed by atoms with Crippen LogP contribution in [0.2, 0.25) is 0 Å². The molecule has 0 fully saturated rings. The van der Waals surface area contributed by atoms with Gasteiger partial charge in [0, 0.05) is 0 Å². The van der Waals surface area contributed by atoms with Crippen molar-refractivity contribution in [2.75, 3.05) is 0 Å². The monoisotopic (exact) mass is 406 g/mol. The standard InChI is InChI=1S/C13H10O2.Bi/c14-12-8-6-11(7-9-12)13(15)10-4-2-1-3-5-10;/h1-9,14H;/q;+1/p-1. The van der Waals surface area contributed by atoms with Gasteiger partial charge in [-0.2, -0.15) is 0 Å². The molecular weight excluding hydrogens is 397 g/mol. The normalized spacial score (nSPS) is 9.81. The second-order valence-corrected chi connectivity index (χ2v) is 4.02. The van der Waals surface area contributed by atoms with E-state index in [0.717, 1.165) is 30.9 Å². The van der Waals surface area contributed by atoms with Crippen molar-refractivity contribution < 1.29 is 7.61 Å². The van der Waals surface area contributed by atoms with Gasteiger partial charge < -0.3 is 0 Å². The molecule has 0 saturated heterocycles.